The lowest BCUT2D eigenvalue weighted by Gasteiger charge is -2.16. The maximum absolute atomic E-state index is 11.5. The van der Waals surface area contributed by atoms with Crippen LogP contribution in [0.4, 0.5) is 5.95 Å². The van der Waals surface area contributed by atoms with Gasteiger partial charge in [-0.2, -0.15) is 5.10 Å². The third-order valence-corrected chi connectivity index (χ3v) is 1.96. The summed E-state index contributed by atoms with van der Waals surface area (Å²) >= 11 is 0. The van der Waals surface area contributed by atoms with E-state index >= 15 is 0 Å². The highest BCUT2D eigenvalue weighted by molar-refractivity contribution is 5.89. The Kier molecular flexibility index (Phi) is 3.54. The molecule has 6 heteroatoms. The molecule has 1 amide bonds. The van der Waals surface area contributed by atoms with Gasteiger partial charge in [-0.3, -0.25) is 10.1 Å². The van der Waals surface area contributed by atoms with E-state index in [4.69, 9.17) is 5.73 Å². The molecule has 1 rings (SSSR count). The van der Waals surface area contributed by atoms with E-state index in [1.54, 1.807) is 13.8 Å². The van der Waals surface area contributed by atoms with Crippen molar-refractivity contribution in [2.24, 2.45) is 5.73 Å². The first-order valence-corrected chi connectivity index (χ1v) is 5.04. The Bertz CT molecular complexity index is 397. The number of aromatic nitrogens is 3. The summed E-state index contributed by atoms with van der Waals surface area (Å²) in [7, 11) is 0. The highest BCUT2D eigenvalue weighted by atomic mass is 16.1. The van der Waals surface area contributed by atoms with Crippen LogP contribution in [0.15, 0.2) is 0 Å². The lowest BCUT2D eigenvalue weighted by Crippen LogP contribution is -2.36. The van der Waals surface area contributed by atoms with Crippen LogP contribution in [0, 0.1) is 13.8 Å². The molecule has 6 nitrogen and oxygen atoms in total. The molecule has 0 spiro atoms. The molecule has 0 radical (unpaired) electrons. The summed E-state index contributed by atoms with van der Waals surface area (Å²) in [5.74, 6) is 0.00917. The van der Waals surface area contributed by atoms with Crippen molar-refractivity contribution in [3.05, 3.63) is 11.4 Å². The highest BCUT2D eigenvalue weighted by Crippen LogP contribution is 2.06. The second-order valence-corrected chi connectivity index (χ2v) is 4.52. The molecule has 0 bridgehead atoms. The van der Waals surface area contributed by atoms with E-state index in [0.717, 1.165) is 11.4 Å². The Balaban J connectivity index is 2.67. The Morgan fingerprint density at radius 2 is 1.94 bits per heavy atom. The van der Waals surface area contributed by atoms with Crippen LogP contribution in [0.2, 0.25) is 0 Å². The van der Waals surface area contributed by atoms with Crippen molar-refractivity contribution in [2.75, 3.05) is 5.32 Å². The smallest absolute Gasteiger partial charge is 0.249 e. The van der Waals surface area contributed by atoms with Gasteiger partial charge in [0.05, 0.1) is 11.4 Å². The van der Waals surface area contributed by atoms with Crippen LogP contribution in [-0.2, 0) is 4.79 Å². The van der Waals surface area contributed by atoms with Crippen molar-refractivity contribution >= 4 is 11.9 Å². The van der Waals surface area contributed by atoms with E-state index in [-0.39, 0.29) is 18.3 Å². The van der Waals surface area contributed by atoms with Crippen molar-refractivity contribution in [1.82, 2.24) is 15.2 Å². The molecular formula is C10H17N5O. The van der Waals surface area contributed by atoms with Gasteiger partial charge in [-0.15, -0.1) is 5.10 Å². The second kappa shape index (κ2) is 4.52. The van der Waals surface area contributed by atoms with Gasteiger partial charge in [0, 0.05) is 12.0 Å². The summed E-state index contributed by atoms with van der Waals surface area (Å²) in [6.07, 6.45) is 0.212. The van der Waals surface area contributed by atoms with Crippen LogP contribution in [0.25, 0.3) is 0 Å². The van der Waals surface area contributed by atoms with Gasteiger partial charge in [-0.05, 0) is 27.7 Å². The van der Waals surface area contributed by atoms with Gasteiger partial charge in [-0.1, -0.05) is 0 Å². The van der Waals surface area contributed by atoms with Crippen LogP contribution >= 0.6 is 0 Å². The lowest BCUT2D eigenvalue weighted by molar-refractivity contribution is -0.117. The number of nitrogens with zero attached hydrogens (tertiary/aromatic N) is 3. The monoisotopic (exact) mass is 223 g/mol. The molecule has 1 aromatic heterocycles. The Labute approximate surface area is 94.7 Å². The first kappa shape index (κ1) is 12.5. The average Bonchev–Trinajstić information content (AvgIpc) is 2.08. The molecule has 1 aromatic rings. The van der Waals surface area contributed by atoms with Crippen molar-refractivity contribution in [2.45, 2.75) is 39.7 Å². The summed E-state index contributed by atoms with van der Waals surface area (Å²) in [5, 5.41) is 10.2. The number of carbonyl (C=O) groups is 1. The van der Waals surface area contributed by atoms with Crippen LogP contribution in [-0.4, -0.2) is 26.6 Å². The third-order valence-electron chi connectivity index (χ3n) is 1.96. The molecule has 0 aliphatic heterocycles. The van der Waals surface area contributed by atoms with E-state index in [1.165, 1.54) is 0 Å². The number of hydrogen-bond donors (Lipinski definition) is 2. The standard InChI is InChI=1S/C10H17N5O/c1-6-7(2)14-15-9(12-6)13-8(16)5-10(3,4)11/h5,11H2,1-4H3,(H,12,13,15,16). The topological polar surface area (TPSA) is 93.8 Å². The maximum Gasteiger partial charge on any atom is 0.249 e. The maximum atomic E-state index is 11.5. The predicted molar refractivity (Wildman–Crippen MR) is 60.8 cm³/mol. The number of rotatable bonds is 3. The molecule has 0 unspecified atom stereocenters. The average molecular weight is 223 g/mol. The number of carbonyl (C=O) groups excluding carboxylic acids is 1. The fraction of sp³-hybridized carbons (Fsp3) is 0.600. The van der Waals surface area contributed by atoms with E-state index in [0.29, 0.717) is 0 Å². The fourth-order valence-corrected chi connectivity index (χ4v) is 1.09. The lowest BCUT2D eigenvalue weighted by atomic mass is 10.0. The van der Waals surface area contributed by atoms with Crippen LogP contribution in [0.5, 0.6) is 0 Å². The summed E-state index contributed by atoms with van der Waals surface area (Å²) < 4.78 is 0. The number of amides is 1. The van der Waals surface area contributed by atoms with Gasteiger partial charge in [0.25, 0.3) is 0 Å². The molecule has 1 heterocycles. The van der Waals surface area contributed by atoms with Gasteiger partial charge in [0.15, 0.2) is 0 Å². The minimum atomic E-state index is -0.544. The normalized spacial score (nSPS) is 11.3. The molecular weight excluding hydrogens is 206 g/mol. The summed E-state index contributed by atoms with van der Waals surface area (Å²) in [6, 6.07) is 0. The Morgan fingerprint density at radius 3 is 2.44 bits per heavy atom. The quantitative estimate of drug-likeness (QED) is 0.780. The SMILES string of the molecule is Cc1nnc(NC(=O)CC(C)(C)N)nc1C. The molecule has 0 saturated carbocycles. The fourth-order valence-electron chi connectivity index (χ4n) is 1.09. The zero-order chi connectivity index (χ0) is 12.3. The van der Waals surface area contributed by atoms with Crippen LogP contribution in [0.3, 0.4) is 0 Å². The highest BCUT2D eigenvalue weighted by Gasteiger charge is 2.17. The molecule has 0 saturated heterocycles. The Hall–Kier alpha value is -1.56. The minimum absolute atomic E-state index is 0.211. The van der Waals surface area contributed by atoms with Crippen LogP contribution in [0.1, 0.15) is 31.7 Å². The first-order valence-electron chi connectivity index (χ1n) is 5.04. The Morgan fingerprint density at radius 1 is 1.31 bits per heavy atom. The third kappa shape index (κ3) is 3.90. The van der Waals surface area contributed by atoms with Gasteiger partial charge in [0.2, 0.25) is 11.9 Å². The van der Waals surface area contributed by atoms with Crippen molar-refractivity contribution in [1.29, 1.82) is 0 Å². The second-order valence-electron chi connectivity index (χ2n) is 4.52. The minimum Gasteiger partial charge on any atom is -0.325 e. The summed E-state index contributed by atoms with van der Waals surface area (Å²) in [6.45, 7) is 7.19. The first-order chi connectivity index (χ1) is 7.28. The summed E-state index contributed by atoms with van der Waals surface area (Å²) in [5.41, 5.74) is 6.68. The van der Waals surface area contributed by atoms with E-state index in [9.17, 15) is 4.79 Å². The van der Waals surface area contributed by atoms with Gasteiger partial charge >= 0.3 is 0 Å². The largest absolute Gasteiger partial charge is 0.325 e. The van der Waals surface area contributed by atoms with E-state index in [2.05, 4.69) is 20.5 Å². The molecule has 3 N–H and O–H groups in total. The number of nitrogens with two attached hydrogens (primary N) is 1. The van der Waals surface area contributed by atoms with Gasteiger partial charge < -0.3 is 5.73 Å². The molecule has 0 aliphatic carbocycles. The molecule has 0 fully saturated rings. The van der Waals surface area contributed by atoms with Crippen molar-refractivity contribution in [3.63, 3.8) is 0 Å². The predicted octanol–water partition coefficient (Wildman–Crippen LogP) is 0.554. The number of hydrogen-bond acceptors (Lipinski definition) is 5. The summed E-state index contributed by atoms with van der Waals surface area (Å²) in [4.78, 5) is 15.6. The zero-order valence-corrected chi connectivity index (χ0v) is 10.0. The number of nitrogens with one attached hydrogen (secondary N) is 1. The van der Waals surface area contributed by atoms with Gasteiger partial charge in [-0.25, -0.2) is 4.98 Å². The van der Waals surface area contributed by atoms with E-state index < -0.39 is 5.54 Å². The van der Waals surface area contributed by atoms with Gasteiger partial charge in [0.1, 0.15) is 0 Å². The molecule has 0 aromatic carbocycles. The van der Waals surface area contributed by atoms with E-state index in [1.807, 2.05) is 13.8 Å². The molecule has 88 valence electrons. The molecule has 0 aliphatic rings. The molecule has 16 heavy (non-hydrogen) atoms. The van der Waals surface area contributed by atoms with Crippen molar-refractivity contribution < 1.29 is 4.79 Å². The van der Waals surface area contributed by atoms with Crippen LogP contribution < -0.4 is 11.1 Å². The number of anilines is 1. The zero-order valence-electron chi connectivity index (χ0n) is 10.0. The molecule has 0 atom stereocenters. The van der Waals surface area contributed by atoms with Crippen molar-refractivity contribution in [3.8, 4) is 0 Å². The number of aryl methyl sites for hydroxylation is 2.